The van der Waals surface area contributed by atoms with Crippen molar-refractivity contribution in [3.8, 4) is 0 Å². The summed E-state index contributed by atoms with van der Waals surface area (Å²) in [4.78, 5) is 27.8. The van der Waals surface area contributed by atoms with E-state index in [1.54, 1.807) is 11.0 Å². The van der Waals surface area contributed by atoms with Crippen LogP contribution in [0.5, 0.6) is 0 Å². The van der Waals surface area contributed by atoms with Crippen LogP contribution < -0.4 is 4.90 Å². The lowest BCUT2D eigenvalue weighted by molar-refractivity contribution is -0.384. The Bertz CT molecular complexity index is 820. The van der Waals surface area contributed by atoms with Crippen molar-refractivity contribution < 1.29 is 14.8 Å². The third-order valence-corrected chi connectivity index (χ3v) is 4.99. The Labute approximate surface area is 164 Å². The van der Waals surface area contributed by atoms with E-state index in [1.807, 2.05) is 30.3 Å². The Morgan fingerprint density at radius 1 is 1.11 bits per heavy atom. The molecule has 1 aliphatic rings. The number of hydrogen-bond donors (Lipinski definition) is 1. The molecule has 7 nitrogen and oxygen atoms in total. The van der Waals surface area contributed by atoms with Crippen molar-refractivity contribution in [3.05, 3.63) is 69.8 Å². The number of nitro groups is 1. The smallest absolute Gasteiger partial charge is 0.270 e. The summed E-state index contributed by atoms with van der Waals surface area (Å²) in [7, 11) is 0. The lowest BCUT2D eigenvalue weighted by Gasteiger charge is -2.31. The summed E-state index contributed by atoms with van der Waals surface area (Å²) in [6.45, 7) is 1.98. The van der Waals surface area contributed by atoms with Gasteiger partial charge in [0.25, 0.3) is 11.6 Å². The molecule has 28 heavy (non-hydrogen) atoms. The van der Waals surface area contributed by atoms with Crippen LogP contribution in [0.25, 0.3) is 0 Å². The number of carbonyl (C=O) groups excluding carboxylic acids is 1. The molecule has 7 heteroatoms. The highest BCUT2D eigenvalue weighted by atomic mass is 16.6. The van der Waals surface area contributed by atoms with E-state index in [1.165, 1.54) is 12.1 Å². The zero-order chi connectivity index (χ0) is 19.9. The van der Waals surface area contributed by atoms with Crippen LogP contribution in [0.2, 0.25) is 0 Å². The Morgan fingerprint density at radius 2 is 1.82 bits per heavy atom. The first kappa shape index (κ1) is 19.8. The summed E-state index contributed by atoms with van der Waals surface area (Å²) >= 11 is 0. The summed E-state index contributed by atoms with van der Waals surface area (Å²) in [5, 5.41) is 20.7. The Balaban J connectivity index is 1.95. The quantitative estimate of drug-likeness (QED) is 0.586. The Kier molecular flexibility index (Phi) is 6.60. The monoisotopic (exact) mass is 383 g/mol. The molecule has 0 saturated carbocycles. The maximum Gasteiger partial charge on any atom is 0.270 e. The minimum Gasteiger partial charge on any atom is -0.395 e. The fraction of sp³-hybridized carbons (Fsp3) is 0.381. The van der Waals surface area contributed by atoms with E-state index in [9.17, 15) is 20.0 Å². The number of non-ortho nitro benzene ring substituents is 1. The minimum absolute atomic E-state index is 0.104. The summed E-state index contributed by atoms with van der Waals surface area (Å²) < 4.78 is 0. The molecule has 1 fully saturated rings. The number of hydrogen-bond acceptors (Lipinski definition) is 5. The van der Waals surface area contributed by atoms with Crippen molar-refractivity contribution in [2.45, 2.75) is 25.8 Å². The largest absolute Gasteiger partial charge is 0.395 e. The second-order valence-electron chi connectivity index (χ2n) is 6.94. The molecule has 1 amide bonds. The van der Waals surface area contributed by atoms with Crippen molar-refractivity contribution in [2.24, 2.45) is 0 Å². The summed E-state index contributed by atoms with van der Waals surface area (Å²) in [6, 6.07) is 14.0. The molecule has 0 bridgehead atoms. The maximum atomic E-state index is 13.3. The summed E-state index contributed by atoms with van der Waals surface area (Å²) in [5.41, 5.74) is 1.88. The predicted octanol–water partition coefficient (Wildman–Crippen LogP) is 3.22. The van der Waals surface area contributed by atoms with Gasteiger partial charge in [-0.25, -0.2) is 0 Å². The van der Waals surface area contributed by atoms with Crippen LogP contribution >= 0.6 is 0 Å². The zero-order valence-electron chi connectivity index (χ0n) is 15.8. The third-order valence-electron chi connectivity index (χ3n) is 4.99. The van der Waals surface area contributed by atoms with Crippen LogP contribution in [-0.4, -0.2) is 47.1 Å². The van der Waals surface area contributed by atoms with E-state index in [0.717, 1.165) is 43.6 Å². The molecular formula is C21H25N3O4. The summed E-state index contributed by atoms with van der Waals surface area (Å²) in [6.07, 6.45) is 3.22. The van der Waals surface area contributed by atoms with E-state index in [2.05, 4.69) is 4.90 Å². The van der Waals surface area contributed by atoms with Crippen LogP contribution in [0, 0.1) is 10.1 Å². The molecule has 0 unspecified atom stereocenters. The molecule has 3 rings (SSSR count). The molecule has 0 aliphatic carbocycles. The molecule has 0 atom stereocenters. The first-order valence-corrected chi connectivity index (χ1v) is 9.57. The second kappa shape index (κ2) is 9.32. The maximum absolute atomic E-state index is 13.3. The summed E-state index contributed by atoms with van der Waals surface area (Å²) in [5.74, 6) is -0.304. The van der Waals surface area contributed by atoms with Gasteiger partial charge in [-0.1, -0.05) is 30.3 Å². The van der Waals surface area contributed by atoms with Crippen molar-refractivity contribution in [2.75, 3.05) is 31.1 Å². The van der Waals surface area contributed by atoms with E-state index in [4.69, 9.17) is 0 Å². The number of carbonyl (C=O) groups is 1. The molecule has 1 saturated heterocycles. The van der Waals surface area contributed by atoms with Gasteiger partial charge in [-0.3, -0.25) is 14.9 Å². The van der Waals surface area contributed by atoms with E-state index >= 15 is 0 Å². The lowest BCUT2D eigenvalue weighted by atomic mass is 10.0. The van der Waals surface area contributed by atoms with E-state index < -0.39 is 4.92 Å². The number of nitrogens with zero attached hydrogens (tertiary/aromatic N) is 3. The zero-order valence-corrected chi connectivity index (χ0v) is 15.8. The van der Waals surface area contributed by atoms with Gasteiger partial charge in [0.2, 0.25) is 0 Å². The van der Waals surface area contributed by atoms with Gasteiger partial charge in [0, 0.05) is 38.3 Å². The highest BCUT2D eigenvalue weighted by molar-refractivity contribution is 6.00. The molecule has 1 N–H and O–H groups in total. The number of aliphatic hydroxyl groups is 1. The number of rotatable bonds is 7. The fourth-order valence-electron chi connectivity index (χ4n) is 3.57. The SMILES string of the molecule is O=C(c1cc([N+](=O)[O-])ccc1N1CCCCC1)N(CCO)Cc1ccccc1. The third kappa shape index (κ3) is 4.67. The number of nitro benzene ring substituents is 1. The number of piperidine rings is 1. The Hall–Kier alpha value is -2.93. The van der Waals surface area contributed by atoms with Gasteiger partial charge < -0.3 is 14.9 Å². The molecule has 2 aromatic rings. The average molecular weight is 383 g/mol. The van der Waals surface area contributed by atoms with Crippen molar-refractivity contribution in [3.63, 3.8) is 0 Å². The number of aliphatic hydroxyl groups excluding tert-OH is 1. The van der Waals surface area contributed by atoms with Crippen LogP contribution in [0.4, 0.5) is 11.4 Å². The molecule has 0 radical (unpaired) electrons. The van der Waals surface area contributed by atoms with Crippen molar-refractivity contribution in [1.29, 1.82) is 0 Å². The molecule has 0 aromatic heterocycles. The van der Waals surface area contributed by atoms with Gasteiger partial charge in [0.15, 0.2) is 0 Å². The molecule has 1 aliphatic heterocycles. The number of anilines is 1. The molecular weight excluding hydrogens is 358 g/mol. The van der Waals surface area contributed by atoms with Crippen molar-refractivity contribution >= 4 is 17.3 Å². The normalized spacial score (nSPS) is 14.0. The minimum atomic E-state index is -0.482. The number of benzene rings is 2. The highest BCUT2D eigenvalue weighted by Gasteiger charge is 2.25. The standard InChI is InChI=1S/C21H25N3O4/c25-14-13-23(16-17-7-3-1-4-8-17)21(26)19-15-18(24(27)28)9-10-20(19)22-11-5-2-6-12-22/h1,3-4,7-10,15,25H,2,5-6,11-14,16H2. The highest BCUT2D eigenvalue weighted by Crippen LogP contribution is 2.29. The molecule has 148 valence electrons. The van der Waals surface area contributed by atoms with E-state index in [0.29, 0.717) is 12.1 Å². The molecule has 0 spiro atoms. The van der Waals surface area contributed by atoms with Crippen LogP contribution in [0.3, 0.4) is 0 Å². The molecule has 2 aromatic carbocycles. The first-order valence-electron chi connectivity index (χ1n) is 9.57. The van der Waals surface area contributed by atoms with Gasteiger partial charge in [0.05, 0.1) is 22.8 Å². The topological polar surface area (TPSA) is 86.9 Å². The fourth-order valence-corrected chi connectivity index (χ4v) is 3.57. The van der Waals surface area contributed by atoms with Gasteiger partial charge in [0.1, 0.15) is 0 Å². The van der Waals surface area contributed by atoms with Crippen molar-refractivity contribution in [1.82, 2.24) is 4.90 Å². The lowest BCUT2D eigenvalue weighted by Crippen LogP contribution is -2.36. The first-order chi connectivity index (χ1) is 13.6. The average Bonchev–Trinajstić information content (AvgIpc) is 2.74. The van der Waals surface area contributed by atoms with Crippen LogP contribution in [0.1, 0.15) is 35.2 Å². The number of amides is 1. The Morgan fingerprint density at radius 3 is 2.46 bits per heavy atom. The van der Waals surface area contributed by atoms with Crippen LogP contribution in [-0.2, 0) is 6.54 Å². The second-order valence-corrected chi connectivity index (χ2v) is 6.94. The van der Waals surface area contributed by atoms with E-state index in [-0.39, 0.29) is 24.7 Å². The van der Waals surface area contributed by atoms with Gasteiger partial charge in [-0.15, -0.1) is 0 Å². The predicted molar refractivity (Wildman–Crippen MR) is 107 cm³/mol. The van der Waals surface area contributed by atoms with Crippen LogP contribution in [0.15, 0.2) is 48.5 Å². The van der Waals surface area contributed by atoms with Gasteiger partial charge >= 0.3 is 0 Å². The van der Waals surface area contributed by atoms with Gasteiger partial charge in [-0.05, 0) is 30.9 Å². The molecule has 1 heterocycles. The van der Waals surface area contributed by atoms with Gasteiger partial charge in [-0.2, -0.15) is 0 Å².